The topological polar surface area (TPSA) is 75.9 Å². The maximum atomic E-state index is 9.98. The van der Waals surface area contributed by atoms with Gasteiger partial charge in [-0.2, -0.15) is 5.10 Å². The molecule has 2 heterocycles. The number of aliphatic hydroxyl groups is 1. The summed E-state index contributed by atoms with van der Waals surface area (Å²) in [6.07, 6.45) is 5.21. The zero-order valence-electron chi connectivity index (χ0n) is 12.1. The molecule has 1 atom stereocenters. The summed E-state index contributed by atoms with van der Waals surface area (Å²) in [7, 11) is 0. The maximum absolute atomic E-state index is 9.98. The zero-order chi connectivity index (χ0) is 14.9. The SMILES string of the molecule is OC(CNc1ncnc2c1cnn2-c1ccccc1)C1CC1. The molecule has 1 unspecified atom stereocenters. The van der Waals surface area contributed by atoms with Crippen LogP contribution in [0.15, 0.2) is 42.9 Å². The van der Waals surface area contributed by atoms with E-state index < -0.39 is 0 Å². The molecule has 0 radical (unpaired) electrons. The van der Waals surface area contributed by atoms with Crippen LogP contribution in [-0.2, 0) is 0 Å². The van der Waals surface area contributed by atoms with Gasteiger partial charge in [-0.15, -0.1) is 0 Å². The number of nitrogens with one attached hydrogen (secondary N) is 1. The average molecular weight is 295 g/mol. The highest BCUT2D eigenvalue weighted by Gasteiger charge is 2.29. The monoisotopic (exact) mass is 295 g/mol. The minimum absolute atomic E-state index is 0.311. The van der Waals surface area contributed by atoms with Crippen LogP contribution in [0, 0.1) is 5.92 Å². The van der Waals surface area contributed by atoms with Crippen LogP contribution in [0.3, 0.4) is 0 Å². The molecule has 0 spiro atoms. The molecule has 22 heavy (non-hydrogen) atoms. The number of fused-ring (bicyclic) bond motifs is 1. The summed E-state index contributed by atoms with van der Waals surface area (Å²) in [5, 5.41) is 18.5. The summed E-state index contributed by atoms with van der Waals surface area (Å²) < 4.78 is 1.79. The van der Waals surface area contributed by atoms with E-state index in [1.165, 1.54) is 6.33 Å². The van der Waals surface area contributed by atoms with Crippen molar-refractivity contribution in [2.24, 2.45) is 5.92 Å². The van der Waals surface area contributed by atoms with Crippen molar-refractivity contribution in [3.8, 4) is 5.69 Å². The Morgan fingerprint density at radius 3 is 2.82 bits per heavy atom. The molecule has 2 N–H and O–H groups in total. The summed E-state index contributed by atoms with van der Waals surface area (Å²) in [6, 6.07) is 9.87. The number of nitrogens with zero attached hydrogens (tertiary/aromatic N) is 4. The summed E-state index contributed by atoms with van der Waals surface area (Å²) >= 11 is 0. The molecule has 0 aliphatic heterocycles. The van der Waals surface area contributed by atoms with Gasteiger partial charge in [0.05, 0.1) is 23.4 Å². The van der Waals surface area contributed by atoms with Crippen molar-refractivity contribution in [1.29, 1.82) is 0 Å². The van der Waals surface area contributed by atoms with Gasteiger partial charge in [-0.3, -0.25) is 0 Å². The predicted octanol–water partition coefficient (Wildman–Crippen LogP) is 2.00. The second-order valence-corrected chi connectivity index (χ2v) is 5.64. The van der Waals surface area contributed by atoms with Gasteiger partial charge in [0.2, 0.25) is 0 Å². The molecule has 1 fully saturated rings. The summed E-state index contributed by atoms with van der Waals surface area (Å²) in [5.41, 5.74) is 1.71. The number of aromatic nitrogens is 4. The van der Waals surface area contributed by atoms with Crippen LogP contribution in [0.1, 0.15) is 12.8 Å². The first kappa shape index (κ1) is 13.2. The molecular formula is C16H17N5O. The molecular weight excluding hydrogens is 278 g/mol. The van der Waals surface area contributed by atoms with E-state index in [-0.39, 0.29) is 6.10 Å². The Hall–Kier alpha value is -2.47. The minimum Gasteiger partial charge on any atom is -0.391 e. The number of aliphatic hydroxyl groups excluding tert-OH is 1. The predicted molar refractivity (Wildman–Crippen MR) is 83.9 cm³/mol. The van der Waals surface area contributed by atoms with Crippen molar-refractivity contribution in [3.05, 3.63) is 42.9 Å². The molecule has 0 bridgehead atoms. The smallest absolute Gasteiger partial charge is 0.168 e. The fourth-order valence-corrected chi connectivity index (χ4v) is 2.59. The lowest BCUT2D eigenvalue weighted by Crippen LogP contribution is -2.21. The molecule has 3 aromatic rings. The highest BCUT2D eigenvalue weighted by molar-refractivity contribution is 5.87. The number of para-hydroxylation sites is 1. The highest BCUT2D eigenvalue weighted by Crippen LogP contribution is 2.32. The minimum atomic E-state index is -0.311. The van der Waals surface area contributed by atoms with Crippen LogP contribution in [-0.4, -0.2) is 37.5 Å². The molecule has 112 valence electrons. The van der Waals surface area contributed by atoms with Gasteiger partial charge >= 0.3 is 0 Å². The Labute approximate surface area is 127 Å². The lowest BCUT2D eigenvalue weighted by molar-refractivity contribution is 0.164. The van der Waals surface area contributed by atoms with Gasteiger partial charge in [-0.25, -0.2) is 14.6 Å². The van der Waals surface area contributed by atoms with E-state index in [1.54, 1.807) is 10.9 Å². The van der Waals surface area contributed by atoms with Crippen molar-refractivity contribution in [2.45, 2.75) is 18.9 Å². The number of benzene rings is 1. The summed E-state index contributed by atoms with van der Waals surface area (Å²) in [5.74, 6) is 1.16. The largest absolute Gasteiger partial charge is 0.391 e. The third kappa shape index (κ3) is 2.42. The van der Waals surface area contributed by atoms with Gasteiger partial charge in [0.25, 0.3) is 0 Å². The summed E-state index contributed by atoms with van der Waals surface area (Å²) in [4.78, 5) is 8.62. The molecule has 6 nitrogen and oxygen atoms in total. The molecule has 1 aromatic carbocycles. The van der Waals surface area contributed by atoms with Crippen molar-refractivity contribution >= 4 is 16.9 Å². The number of rotatable bonds is 5. The van der Waals surface area contributed by atoms with Gasteiger partial charge < -0.3 is 10.4 Å². The van der Waals surface area contributed by atoms with Crippen LogP contribution < -0.4 is 5.32 Å². The lowest BCUT2D eigenvalue weighted by atomic mass is 10.2. The van der Waals surface area contributed by atoms with E-state index in [0.717, 1.165) is 29.6 Å². The van der Waals surface area contributed by atoms with Crippen LogP contribution in [0.25, 0.3) is 16.7 Å². The number of hydrogen-bond acceptors (Lipinski definition) is 5. The highest BCUT2D eigenvalue weighted by atomic mass is 16.3. The Balaban J connectivity index is 1.64. The van der Waals surface area contributed by atoms with Gasteiger partial charge in [0.15, 0.2) is 5.65 Å². The van der Waals surface area contributed by atoms with E-state index >= 15 is 0 Å². The third-order valence-electron chi connectivity index (χ3n) is 4.01. The lowest BCUT2D eigenvalue weighted by Gasteiger charge is -2.11. The molecule has 1 saturated carbocycles. The number of anilines is 1. The van der Waals surface area contributed by atoms with Crippen molar-refractivity contribution in [3.63, 3.8) is 0 Å². The first-order valence-electron chi connectivity index (χ1n) is 7.49. The average Bonchev–Trinajstić information content (AvgIpc) is 3.32. The third-order valence-corrected chi connectivity index (χ3v) is 4.01. The summed E-state index contributed by atoms with van der Waals surface area (Å²) in [6.45, 7) is 0.507. The molecule has 1 aliphatic rings. The second-order valence-electron chi connectivity index (χ2n) is 5.64. The van der Waals surface area contributed by atoms with E-state index in [2.05, 4.69) is 20.4 Å². The molecule has 0 saturated heterocycles. The zero-order valence-corrected chi connectivity index (χ0v) is 12.1. The van der Waals surface area contributed by atoms with E-state index in [0.29, 0.717) is 18.3 Å². The first-order chi connectivity index (χ1) is 10.8. The van der Waals surface area contributed by atoms with Crippen LogP contribution >= 0.6 is 0 Å². The standard InChI is InChI=1S/C16H17N5O/c22-14(11-6-7-11)9-17-15-13-8-20-21(16(13)19-10-18-15)12-4-2-1-3-5-12/h1-5,8,10-11,14,22H,6-7,9H2,(H,17,18,19). The quantitative estimate of drug-likeness (QED) is 0.753. The Bertz CT molecular complexity index is 782. The molecule has 6 heteroatoms. The fraction of sp³-hybridized carbons (Fsp3) is 0.312. The maximum Gasteiger partial charge on any atom is 0.168 e. The normalized spacial score (nSPS) is 15.9. The molecule has 2 aromatic heterocycles. The van der Waals surface area contributed by atoms with Gasteiger partial charge in [-0.1, -0.05) is 18.2 Å². The molecule has 0 amide bonds. The van der Waals surface area contributed by atoms with Crippen LogP contribution in [0.2, 0.25) is 0 Å². The van der Waals surface area contributed by atoms with Gasteiger partial charge in [0, 0.05) is 6.54 Å². The van der Waals surface area contributed by atoms with Crippen LogP contribution in [0.5, 0.6) is 0 Å². The van der Waals surface area contributed by atoms with Crippen molar-refractivity contribution in [1.82, 2.24) is 19.7 Å². The first-order valence-corrected chi connectivity index (χ1v) is 7.49. The number of hydrogen-bond donors (Lipinski definition) is 2. The van der Waals surface area contributed by atoms with Gasteiger partial charge in [0.1, 0.15) is 12.1 Å². The second kappa shape index (κ2) is 5.38. The van der Waals surface area contributed by atoms with E-state index in [1.807, 2.05) is 30.3 Å². The Morgan fingerprint density at radius 1 is 1.23 bits per heavy atom. The van der Waals surface area contributed by atoms with Gasteiger partial charge in [-0.05, 0) is 30.9 Å². The van der Waals surface area contributed by atoms with E-state index in [4.69, 9.17) is 0 Å². The molecule has 4 rings (SSSR count). The van der Waals surface area contributed by atoms with E-state index in [9.17, 15) is 5.11 Å². The fourth-order valence-electron chi connectivity index (χ4n) is 2.59. The van der Waals surface area contributed by atoms with Crippen LogP contribution in [0.4, 0.5) is 5.82 Å². The van der Waals surface area contributed by atoms with Crippen molar-refractivity contribution in [2.75, 3.05) is 11.9 Å². The Kier molecular flexibility index (Phi) is 3.23. The Morgan fingerprint density at radius 2 is 2.05 bits per heavy atom. The van der Waals surface area contributed by atoms with Crippen molar-refractivity contribution < 1.29 is 5.11 Å². The molecule has 1 aliphatic carbocycles.